The molecule has 0 saturated heterocycles. The van der Waals surface area contributed by atoms with Crippen molar-refractivity contribution in [2.24, 2.45) is 5.73 Å². The van der Waals surface area contributed by atoms with E-state index in [0.29, 0.717) is 0 Å². The van der Waals surface area contributed by atoms with Gasteiger partial charge in [0, 0.05) is 28.2 Å². The average Bonchev–Trinajstić information content (AvgIpc) is 3.45. The third-order valence-corrected chi connectivity index (χ3v) is 6.85. The highest BCUT2D eigenvalue weighted by atomic mass is 35.5. The van der Waals surface area contributed by atoms with Crippen LogP contribution in [-0.2, 0) is 5.54 Å². The summed E-state index contributed by atoms with van der Waals surface area (Å²) in [5, 5.41) is 9.66. The van der Waals surface area contributed by atoms with Crippen molar-refractivity contribution >= 4 is 29.0 Å². The van der Waals surface area contributed by atoms with Gasteiger partial charge in [-0.3, -0.25) is 4.40 Å². The summed E-state index contributed by atoms with van der Waals surface area (Å²) >= 11 is 0. The van der Waals surface area contributed by atoms with Crippen LogP contribution in [0.5, 0.6) is 0 Å². The molecular weight excluding hydrogens is 430 g/mol. The third kappa shape index (κ3) is 3.58. The molecule has 3 heterocycles. The number of aryl methyl sites for hydroxylation is 1. The first-order chi connectivity index (χ1) is 15.6. The van der Waals surface area contributed by atoms with Crippen LogP contribution in [0, 0.1) is 6.92 Å². The number of nitrogens with zero attached hydrogens (tertiary/aromatic N) is 4. The average molecular weight is 456 g/mol. The van der Waals surface area contributed by atoms with Crippen molar-refractivity contribution in [2.75, 3.05) is 0 Å². The number of fused-ring (bicyclic) bond motifs is 3. The van der Waals surface area contributed by atoms with Gasteiger partial charge in [-0.25, -0.2) is 4.98 Å². The minimum atomic E-state index is -0.186. The Hall–Kier alpha value is -3.28. The molecule has 0 radical (unpaired) electrons. The van der Waals surface area contributed by atoms with Crippen LogP contribution in [0.25, 0.3) is 38.9 Å². The number of benzene rings is 2. The first-order valence-corrected chi connectivity index (χ1v) is 11.2. The summed E-state index contributed by atoms with van der Waals surface area (Å²) in [4.78, 5) is 5.11. The van der Waals surface area contributed by atoms with E-state index in [4.69, 9.17) is 10.7 Å². The summed E-state index contributed by atoms with van der Waals surface area (Å²) in [6.45, 7) is 1.96. The molecule has 0 atom stereocenters. The Morgan fingerprint density at radius 1 is 0.879 bits per heavy atom. The number of hydrogen-bond donors (Lipinski definition) is 1. The van der Waals surface area contributed by atoms with E-state index in [-0.39, 0.29) is 17.9 Å². The fraction of sp³-hybridized carbons (Fsp3) is 0.222. The van der Waals surface area contributed by atoms with Crippen LogP contribution in [-0.4, -0.2) is 19.6 Å². The lowest BCUT2D eigenvalue weighted by Gasteiger charge is -2.24. The molecule has 0 unspecified atom stereocenters. The maximum atomic E-state index is 6.69. The zero-order valence-electron chi connectivity index (χ0n) is 18.5. The van der Waals surface area contributed by atoms with Crippen LogP contribution >= 0.6 is 12.4 Å². The molecule has 166 valence electrons. The smallest absolute Gasteiger partial charge is 0.170 e. The maximum Gasteiger partial charge on any atom is 0.170 e. The van der Waals surface area contributed by atoms with Crippen molar-refractivity contribution < 1.29 is 0 Å². The third-order valence-electron chi connectivity index (χ3n) is 6.85. The molecule has 0 amide bonds. The Morgan fingerprint density at radius 3 is 2.33 bits per heavy atom. The number of hydrogen-bond acceptors (Lipinski definition) is 4. The van der Waals surface area contributed by atoms with Crippen molar-refractivity contribution in [1.82, 2.24) is 19.6 Å². The summed E-state index contributed by atoms with van der Waals surface area (Å²) in [5.41, 5.74) is 13.7. The number of halogens is 1. The molecule has 1 saturated carbocycles. The lowest BCUT2D eigenvalue weighted by molar-refractivity contribution is 0.462. The second-order valence-corrected chi connectivity index (χ2v) is 8.88. The molecule has 3 aromatic heterocycles. The highest BCUT2D eigenvalue weighted by Gasteiger charge is 2.31. The number of aromatic nitrogens is 4. The fourth-order valence-electron chi connectivity index (χ4n) is 5.02. The molecule has 6 heteroatoms. The van der Waals surface area contributed by atoms with Crippen LogP contribution in [0.2, 0.25) is 0 Å². The zero-order valence-corrected chi connectivity index (χ0v) is 19.3. The van der Waals surface area contributed by atoms with Gasteiger partial charge >= 0.3 is 0 Å². The van der Waals surface area contributed by atoms with E-state index in [9.17, 15) is 0 Å². The summed E-state index contributed by atoms with van der Waals surface area (Å²) < 4.78 is 2.01. The van der Waals surface area contributed by atoms with Gasteiger partial charge in [-0.15, -0.1) is 22.6 Å². The molecule has 1 fully saturated rings. The summed E-state index contributed by atoms with van der Waals surface area (Å²) in [5.74, 6) is 0.866. The molecule has 6 rings (SSSR count). The Balaban J connectivity index is 0.00000228. The van der Waals surface area contributed by atoms with Crippen LogP contribution in [0.1, 0.15) is 37.1 Å². The minimum Gasteiger partial charge on any atom is -0.321 e. The van der Waals surface area contributed by atoms with E-state index >= 15 is 0 Å². The van der Waals surface area contributed by atoms with Crippen LogP contribution < -0.4 is 5.73 Å². The molecule has 2 aromatic carbocycles. The van der Waals surface area contributed by atoms with Gasteiger partial charge in [-0.05, 0) is 43.0 Å². The zero-order chi connectivity index (χ0) is 21.7. The van der Waals surface area contributed by atoms with Gasteiger partial charge in [-0.1, -0.05) is 67.4 Å². The number of rotatable bonds is 3. The molecule has 2 N–H and O–H groups in total. The maximum absolute atomic E-state index is 6.69. The molecule has 0 aliphatic heterocycles. The van der Waals surface area contributed by atoms with E-state index in [0.717, 1.165) is 57.6 Å². The van der Waals surface area contributed by atoms with Crippen molar-refractivity contribution in [1.29, 1.82) is 0 Å². The highest BCUT2D eigenvalue weighted by molar-refractivity contribution is 5.98. The van der Waals surface area contributed by atoms with Gasteiger partial charge < -0.3 is 5.73 Å². The van der Waals surface area contributed by atoms with Gasteiger partial charge in [0.25, 0.3) is 0 Å². The van der Waals surface area contributed by atoms with E-state index in [1.54, 1.807) is 0 Å². The SMILES string of the molecule is Cc1nnc2c3cc(-c4ccccc4)c(-c4ccc(C5(N)CCCC5)cc4)nc3ccn12.Cl. The largest absolute Gasteiger partial charge is 0.321 e. The topological polar surface area (TPSA) is 69.1 Å². The van der Waals surface area contributed by atoms with Crippen LogP contribution in [0.15, 0.2) is 72.9 Å². The normalized spacial score (nSPS) is 15.1. The molecule has 5 aromatic rings. The Morgan fingerprint density at radius 2 is 1.61 bits per heavy atom. The molecule has 0 spiro atoms. The van der Waals surface area contributed by atoms with Gasteiger partial charge in [0.05, 0.1) is 11.2 Å². The lowest BCUT2D eigenvalue weighted by atomic mass is 9.88. The molecule has 1 aliphatic carbocycles. The van der Waals surface area contributed by atoms with Gasteiger partial charge in [0.2, 0.25) is 0 Å². The van der Waals surface area contributed by atoms with E-state index in [1.165, 1.54) is 18.4 Å². The standard InChI is InChI=1S/C27H25N5.ClH/c1-18-30-31-26-23-17-22(19-7-3-2-4-8-19)25(29-24(23)13-16-32(18)26)20-9-11-21(12-10-20)27(28)14-5-6-15-27;/h2-4,7-13,16-17H,5-6,14-15,28H2,1H3;1H. The lowest BCUT2D eigenvalue weighted by Crippen LogP contribution is -2.32. The molecule has 33 heavy (non-hydrogen) atoms. The minimum absolute atomic E-state index is 0. The number of nitrogens with two attached hydrogens (primary N) is 1. The quantitative estimate of drug-likeness (QED) is 0.358. The van der Waals surface area contributed by atoms with Crippen molar-refractivity contribution in [3.05, 3.63) is 84.3 Å². The monoisotopic (exact) mass is 455 g/mol. The Kier molecular flexibility index (Phi) is 5.39. The molecule has 0 bridgehead atoms. The van der Waals surface area contributed by atoms with E-state index < -0.39 is 0 Å². The van der Waals surface area contributed by atoms with Gasteiger partial charge in [0.15, 0.2) is 5.65 Å². The highest BCUT2D eigenvalue weighted by Crippen LogP contribution is 2.38. The molecular formula is C27H26ClN5. The van der Waals surface area contributed by atoms with Crippen molar-refractivity contribution in [2.45, 2.75) is 38.1 Å². The first-order valence-electron chi connectivity index (χ1n) is 11.2. The summed E-state index contributed by atoms with van der Waals surface area (Å²) in [6, 6.07) is 23.4. The van der Waals surface area contributed by atoms with E-state index in [1.807, 2.05) is 29.7 Å². The molecule has 5 nitrogen and oxygen atoms in total. The fourth-order valence-corrected chi connectivity index (χ4v) is 5.02. The summed E-state index contributed by atoms with van der Waals surface area (Å²) in [7, 11) is 0. The predicted molar refractivity (Wildman–Crippen MR) is 135 cm³/mol. The Bertz CT molecular complexity index is 1430. The van der Waals surface area contributed by atoms with Crippen LogP contribution in [0.3, 0.4) is 0 Å². The van der Waals surface area contributed by atoms with Gasteiger partial charge in [-0.2, -0.15) is 0 Å². The first kappa shape index (κ1) is 21.6. The van der Waals surface area contributed by atoms with Gasteiger partial charge in [0.1, 0.15) is 5.82 Å². The predicted octanol–water partition coefficient (Wildman–Crippen LogP) is 6.07. The Labute approximate surface area is 199 Å². The van der Waals surface area contributed by atoms with Crippen molar-refractivity contribution in [3.63, 3.8) is 0 Å². The van der Waals surface area contributed by atoms with E-state index in [2.05, 4.69) is 64.8 Å². The second-order valence-electron chi connectivity index (χ2n) is 8.88. The second kappa shape index (κ2) is 8.25. The summed E-state index contributed by atoms with van der Waals surface area (Å²) in [6.07, 6.45) is 6.53. The van der Waals surface area contributed by atoms with Crippen LogP contribution in [0.4, 0.5) is 0 Å². The van der Waals surface area contributed by atoms with Crippen molar-refractivity contribution in [3.8, 4) is 22.4 Å². The number of pyridine rings is 2. The molecule has 1 aliphatic rings.